The zero-order valence-electron chi connectivity index (χ0n) is 10.8. The predicted molar refractivity (Wildman–Crippen MR) is 63.9 cm³/mol. The lowest BCUT2D eigenvalue weighted by Gasteiger charge is -2.39. The number of nitrogens with zero attached hydrogens (tertiary/aromatic N) is 1. The summed E-state index contributed by atoms with van der Waals surface area (Å²) in [4.78, 5) is 2.43. The van der Waals surface area contributed by atoms with Crippen molar-refractivity contribution in [3.63, 3.8) is 0 Å². The monoisotopic (exact) mass is 214 g/mol. The van der Waals surface area contributed by atoms with Gasteiger partial charge in [0.1, 0.15) is 0 Å². The van der Waals surface area contributed by atoms with E-state index in [1.165, 1.54) is 0 Å². The highest BCUT2D eigenvalue weighted by Gasteiger charge is 2.27. The Hall–Kier alpha value is -0.120. The Labute approximate surface area is 94.0 Å². The highest BCUT2D eigenvalue weighted by molar-refractivity contribution is 4.83. The van der Waals surface area contributed by atoms with Crippen LogP contribution in [0.15, 0.2) is 0 Å². The first-order valence-electron chi connectivity index (χ1n) is 5.92. The van der Waals surface area contributed by atoms with Crippen molar-refractivity contribution in [1.82, 2.24) is 4.90 Å². The van der Waals surface area contributed by atoms with Gasteiger partial charge in [-0.2, -0.15) is 0 Å². The zero-order chi connectivity index (χ0) is 11.6. The second-order valence-electron chi connectivity index (χ2n) is 5.95. The van der Waals surface area contributed by atoms with E-state index in [9.17, 15) is 0 Å². The Morgan fingerprint density at radius 1 is 1.27 bits per heavy atom. The van der Waals surface area contributed by atoms with E-state index in [1.54, 1.807) is 0 Å². The van der Waals surface area contributed by atoms with E-state index in [-0.39, 0.29) is 11.5 Å². The first-order chi connectivity index (χ1) is 6.79. The summed E-state index contributed by atoms with van der Waals surface area (Å²) >= 11 is 0. The fourth-order valence-electron chi connectivity index (χ4n) is 1.99. The van der Waals surface area contributed by atoms with Crippen LogP contribution in [-0.4, -0.2) is 42.8 Å². The quantitative estimate of drug-likeness (QED) is 0.756. The van der Waals surface area contributed by atoms with Crippen LogP contribution >= 0.6 is 0 Å². The number of hydrogen-bond acceptors (Lipinski definition) is 3. The molecular formula is C12H26N2O. The van der Waals surface area contributed by atoms with Gasteiger partial charge in [0, 0.05) is 25.7 Å². The molecule has 0 aliphatic carbocycles. The van der Waals surface area contributed by atoms with E-state index < -0.39 is 0 Å². The molecule has 90 valence electrons. The molecular weight excluding hydrogens is 188 g/mol. The van der Waals surface area contributed by atoms with Gasteiger partial charge in [-0.15, -0.1) is 0 Å². The van der Waals surface area contributed by atoms with Crippen LogP contribution in [0.5, 0.6) is 0 Å². The van der Waals surface area contributed by atoms with E-state index >= 15 is 0 Å². The van der Waals surface area contributed by atoms with E-state index in [4.69, 9.17) is 10.5 Å². The first-order valence-corrected chi connectivity index (χ1v) is 5.92. The summed E-state index contributed by atoms with van der Waals surface area (Å²) < 4.78 is 5.70. The third-order valence-corrected chi connectivity index (χ3v) is 3.06. The molecule has 0 spiro atoms. The summed E-state index contributed by atoms with van der Waals surface area (Å²) in [6, 6.07) is 0.231. The minimum Gasteiger partial charge on any atom is -0.373 e. The molecule has 0 saturated carbocycles. The Morgan fingerprint density at radius 3 is 2.13 bits per heavy atom. The van der Waals surface area contributed by atoms with Crippen molar-refractivity contribution in [1.29, 1.82) is 0 Å². The Morgan fingerprint density at radius 2 is 1.73 bits per heavy atom. The highest BCUT2D eigenvalue weighted by Crippen LogP contribution is 2.19. The minimum absolute atomic E-state index is 0.185. The summed E-state index contributed by atoms with van der Waals surface area (Å²) in [6.07, 6.45) is 0.668. The van der Waals surface area contributed by atoms with Gasteiger partial charge in [-0.3, -0.25) is 4.90 Å². The van der Waals surface area contributed by atoms with Gasteiger partial charge in [0.15, 0.2) is 0 Å². The average molecular weight is 214 g/mol. The van der Waals surface area contributed by atoms with Crippen LogP contribution in [0.3, 0.4) is 0 Å². The van der Waals surface area contributed by atoms with Crippen LogP contribution in [0.4, 0.5) is 0 Å². The lowest BCUT2D eigenvalue weighted by atomic mass is 9.87. The largest absolute Gasteiger partial charge is 0.373 e. The standard InChI is InChI=1S/C12H26N2O/c1-9-6-14(7-10(2)15-9)8-11(13)12(3,4)5/h9-11H,6-8,13H2,1-5H3. The van der Waals surface area contributed by atoms with Gasteiger partial charge in [-0.1, -0.05) is 20.8 Å². The molecule has 0 aromatic heterocycles. The average Bonchev–Trinajstić information content (AvgIpc) is 1.99. The van der Waals surface area contributed by atoms with Gasteiger partial charge in [0.2, 0.25) is 0 Å². The van der Waals surface area contributed by atoms with Crippen LogP contribution in [0.25, 0.3) is 0 Å². The van der Waals surface area contributed by atoms with Crippen molar-refractivity contribution in [2.24, 2.45) is 11.1 Å². The third-order valence-electron chi connectivity index (χ3n) is 3.06. The third kappa shape index (κ3) is 4.09. The molecule has 0 aromatic carbocycles. The maximum atomic E-state index is 6.19. The molecule has 0 amide bonds. The van der Waals surface area contributed by atoms with E-state index in [0.29, 0.717) is 12.2 Å². The normalized spacial score (nSPS) is 31.6. The molecule has 0 radical (unpaired) electrons. The van der Waals surface area contributed by atoms with Crippen LogP contribution in [0.1, 0.15) is 34.6 Å². The van der Waals surface area contributed by atoms with Crippen LogP contribution in [-0.2, 0) is 4.74 Å². The lowest BCUT2D eigenvalue weighted by Crippen LogP contribution is -2.52. The Bertz CT molecular complexity index is 190. The topological polar surface area (TPSA) is 38.5 Å². The molecule has 1 rings (SSSR count). The van der Waals surface area contributed by atoms with Gasteiger partial charge in [-0.25, -0.2) is 0 Å². The smallest absolute Gasteiger partial charge is 0.0678 e. The molecule has 15 heavy (non-hydrogen) atoms. The maximum absolute atomic E-state index is 6.19. The Kier molecular flexibility index (Phi) is 4.15. The molecule has 1 saturated heterocycles. The van der Waals surface area contributed by atoms with Crippen LogP contribution in [0, 0.1) is 5.41 Å². The highest BCUT2D eigenvalue weighted by atomic mass is 16.5. The molecule has 0 bridgehead atoms. The van der Waals surface area contributed by atoms with Gasteiger partial charge in [0.05, 0.1) is 12.2 Å². The van der Waals surface area contributed by atoms with Crippen LogP contribution in [0.2, 0.25) is 0 Å². The second kappa shape index (κ2) is 4.81. The van der Waals surface area contributed by atoms with E-state index in [1.807, 2.05) is 0 Å². The summed E-state index contributed by atoms with van der Waals surface area (Å²) in [5, 5.41) is 0. The van der Waals surface area contributed by atoms with Gasteiger partial charge in [-0.05, 0) is 19.3 Å². The Balaban J connectivity index is 2.44. The molecule has 2 N–H and O–H groups in total. The molecule has 1 aliphatic rings. The van der Waals surface area contributed by atoms with E-state index in [0.717, 1.165) is 19.6 Å². The van der Waals surface area contributed by atoms with Gasteiger partial charge < -0.3 is 10.5 Å². The zero-order valence-corrected chi connectivity index (χ0v) is 10.8. The van der Waals surface area contributed by atoms with Gasteiger partial charge in [0.25, 0.3) is 0 Å². The molecule has 1 fully saturated rings. The summed E-state index contributed by atoms with van der Waals surface area (Å²) in [7, 11) is 0. The van der Waals surface area contributed by atoms with Crippen molar-refractivity contribution >= 4 is 0 Å². The summed E-state index contributed by atoms with van der Waals surface area (Å²) in [5.74, 6) is 0. The molecule has 1 aliphatic heterocycles. The molecule has 3 heteroatoms. The molecule has 3 atom stereocenters. The minimum atomic E-state index is 0.185. The van der Waals surface area contributed by atoms with Crippen molar-refractivity contribution < 1.29 is 4.74 Å². The summed E-state index contributed by atoms with van der Waals surface area (Å²) in [6.45, 7) is 13.8. The fourth-order valence-corrected chi connectivity index (χ4v) is 1.99. The molecule has 3 nitrogen and oxygen atoms in total. The molecule has 1 heterocycles. The SMILES string of the molecule is CC1CN(CC(N)C(C)(C)C)CC(C)O1. The predicted octanol–water partition coefficient (Wildman–Crippen LogP) is 1.47. The number of rotatable bonds is 2. The van der Waals surface area contributed by atoms with Crippen molar-refractivity contribution in [3.05, 3.63) is 0 Å². The van der Waals surface area contributed by atoms with E-state index in [2.05, 4.69) is 39.5 Å². The lowest BCUT2D eigenvalue weighted by molar-refractivity contribution is -0.0713. The first kappa shape index (κ1) is 12.9. The maximum Gasteiger partial charge on any atom is 0.0678 e. The number of morpholine rings is 1. The van der Waals surface area contributed by atoms with Crippen molar-refractivity contribution in [3.8, 4) is 0 Å². The number of hydrogen-bond donors (Lipinski definition) is 1. The number of ether oxygens (including phenoxy) is 1. The molecule has 0 aromatic rings. The molecule has 3 unspecified atom stereocenters. The van der Waals surface area contributed by atoms with Crippen LogP contribution < -0.4 is 5.73 Å². The number of nitrogens with two attached hydrogens (primary N) is 1. The van der Waals surface area contributed by atoms with Gasteiger partial charge >= 0.3 is 0 Å². The summed E-state index contributed by atoms with van der Waals surface area (Å²) in [5.41, 5.74) is 6.38. The van der Waals surface area contributed by atoms with Crippen molar-refractivity contribution in [2.45, 2.75) is 52.9 Å². The second-order valence-corrected chi connectivity index (χ2v) is 5.95. The fraction of sp³-hybridized carbons (Fsp3) is 1.00. The van der Waals surface area contributed by atoms with Crippen molar-refractivity contribution in [2.75, 3.05) is 19.6 Å².